The van der Waals surface area contributed by atoms with E-state index >= 15 is 0 Å². The van der Waals surface area contributed by atoms with Gasteiger partial charge < -0.3 is 0 Å². The largest absolute Gasteiger partial charge is 0.279 e. The van der Waals surface area contributed by atoms with Crippen LogP contribution in [0.1, 0.15) is 19.4 Å². The van der Waals surface area contributed by atoms with Crippen LogP contribution in [-0.4, -0.2) is 9.85 Å². The fraction of sp³-hybridized carbons (Fsp3) is 0.364. The Morgan fingerprint density at radius 2 is 1.89 bits per heavy atom. The van der Waals surface area contributed by atoms with E-state index in [0.29, 0.717) is 5.56 Å². The van der Waals surface area contributed by atoms with Crippen LogP contribution in [0.25, 0.3) is 0 Å². The summed E-state index contributed by atoms with van der Waals surface area (Å²) in [5.74, 6) is 0. The van der Waals surface area contributed by atoms with E-state index in [9.17, 15) is 20.2 Å². The van der Waals surface area contributed by atoms with Crippen LogP contribution >= 0.6 is 0 Å². The molecule has 0 saturated heterocycles. The highest BCUT2D eigenvalue weighted by Gasteiger charge is 2.25. The van der Waals surface area contributed by atoms with Gasteiger partial charge in [-0.25, -0.2) is 0 Å². The van der Waals surface area contributed by atoms with E-state index in [1.165, 1.54) is 12.1 Å². The molecule has 0 saturated carbocycles. The van der Waals surface area contributed by atoms with E-state index < -0.39 is 15.3 Å². The highest BCUT2D eigenvalue weighted by Crippen LogP contribution is 2.30. The Morgan fingerprint density at radius 1 is 1.28 bits per heavy atom. The summed E-state index contributed by atoms with van der Waals surface area (Å²) >= 11 is 0. The van der Waals surface area contributed by atoms with Crippen LogP contribution < -0.4 is 0 Å². The number of rotatable bonds is 4. The molecule has 0 unspecified atom stereocenters. The van der Waals surface area contributed by atoms with E-state index in [4.69, 9.17) is 5.26 Å². The predicted molar refractivity (Wildman–Crippen MR) is 62.8 cm³/mol. The molecule has 0 aromatic heterocycles. The number of nitro groups is 2. The molecule has 0 aliphatic rings. The lowest BCUT2D eigenvalue weighted by Crippen LogP contribution is -2.13. The molecule has 18 heavy (non-hydrogen) atoms. The molecule has 0 atom stereocenters. The van der Waals surface area contributed by atoms with Crippen LogP contribution in [0.15, 0.2) is 18.2 Å². The first-order valence-electron chi connectivity index (χ1n) is 5.10. The second-order valence-corrected chi connectivity index (χ2v) is 4.50. The number of nitrogens with zero attached hydrogens (tertiary/aromatic N) is 3. The summed E-state index contributed by atoms with van der Waals surface area (Å²) < 4.78 is 0. The molecule has 0 spiro atoms. The minimum Gasteiger partial charge on any atom is -0.258 e. The number of hydrogen-bond acceptors (Lipinski definition) is 5. The van der Waals surface area contributed by atoms with Gasteiger partial charge in [-0.1, -0.05) is 0 Å². The van der Waals surface area contributed by atoms with Gasteiger partial charge in [-0.05, 0) is 26.3 Å². The van der Waals surface area contributed by atoms with Gasteiger partial charge in [0.15, 0.2) is 0 Å². The maximum absolute atomic E-state index is 10.9. The molecule has 1 rings (SSSR count). The Labute approximate surface area is 103 Å². The van der Waals surface area contributed by atoms with Gasteiger partial charge in [0.05, 0.1) is 27.4 Å². The molecule has 7 heteroatoms. The summed E-state index contributed by atoms with van der Waals surface area (Å²) in [6.45, 7) is 3.30. The van der Waals surface area contributed by atoms with Gasteiger partial charge in [-0.15, -0.1) is 0 Å². The molecule has 0 radical (unpaired) electrons. The van der Waals surface area contributed by atoms with Gasteiger partial charge in [0.1, 0.15) is 0 Å². The van der Waals surface area contributed by atoms with E-state index in [2.05, 4.69) is 0 Å². The fourth-order valence-corrected chi connectivity index (χ4v) is 1.50. The topological polar surface area (TPSA) is 110 Å². The Kier molecular flexibility index (Phi) is 3.61. The monoisotopic (exact) mass is 249 g/mol. The summed E-state index contributed by atoms with van der Waals surface area (Å²) in [7, 11) is 0. The quantitative estimate of drug-likeness (QED) is 0.601. The third-order valence-electron chi connectivity index (χ3n) is 2.41. The van der Waals surface area contributed by atoms with Crippen molar-refractivity contribution in [2.24, 2.45) is 5.41 Å². The van der Waals surface area contributed by atoms with Crippen molar-refractivity contribution in [3.8, 4) is 6.07 Å². The van der Waals surface area contributed by atoms with Crippen LogP contribution in [0.3, 0.4) is 0 Å². The second kappa shape index (κ2) is 4.79. The van der Waals surface area contributed by atoms with Crippen molar-refractivity contribution in [2.45, 2.75) is 20.3 Å². The first-order chi connectivity index (χ1) is 8.26. The second-order valence-electron chi connectivity index (χ2n) is 4.50. The number of nitriles is 1. The minimum absolute atomic E-state index is 0.164. The minimum atomic E-state index is -0.763. The molecular weight excluding hydrogens is 238 g/mol. The third-order valence-corrected chi connectivity index (χ3v) is 2.41. The number of benzene rings is 1. The highest BCUT2D eigenvalue weighted by molar-refractivity contribution is 5.49. The summed E-state index contributed by atoms with van der Waals surface area (Å²) in [5.41, 5.74) is -1.11. The molecule has 1 aromatic carbocycles. The van der Waals surface area contributed by atoms with Crippen molar-refractivity contribution in [3.05, 3.63) is 44.0 Å². The van der Waals surface area contributed by atoms with Crippen LogP contribution in [0.5, 0.6) is 0 Å². The zero-order chi connectivity index (χ0) is 13.9. The molecule has 94 valence electrons. The molecule has 0 heterocycles. The molecule has 0 aliphatic heterocycles. The van der Waals surface area contributed by atoms with Gasteiger partial charge >= 0.3 is 0 Å². The third kappa shape index (κ3) is 3.01. The molecule has 7 nitrogen and oxygen atoms in total. The lowest BCUT2D eigenvalue weighted by atomic mass is 9.87. The van der Waals surface area contributed by atoms with Crippen LogP contribution in [0, 0.1) is 37.0 Å². The van der Waals surface area contributed by atoms with E-state index in [-0.39, 0.29) is 17.8 Å². The first-order valence-corrected chi connectivity index (χ1v) is 5.10. The summed E-state index contributed by atoms with van der Waals surface area (Å²) in [4.78, 5) is 20.1. The van der Waals surface area contributed by atoms with Gasteiger partial charge in [-0.2, -0.15) is 5.26 Å². The summed E-state index contributed by atoms with van der Waals surface area (Å²) in [6, 6.07) is 5.49. The SMILES string of the molecule is CC(C)(C#N)Cc1ccc([N+](=O)[O-])cc1[N+](=O)[O-]. The lowest BCUT2D eigenvalue weighted by Gasteiger charge is -2.14. The smallest absolute Gasteiger partial charge is 0.258 e. The Hall–Kier alpha value is -2.49. The summed E-state index contributed by atoms with van der Waals surface area (Å²) in [5, 5.41) is 30.3. The summed E-state index contributed by atoms with van der Waals surface area (Å²) in [6.07, 6.45) is 0.164. The standard InChI is InChI=1S/C11H11N3O4/c1-11(2,7-12)6-8-3-4-9(13(15)16)5-10(8)14(17)18/h3-5H,6H2,1-2H3. The zero-order valence-electron chi connectivity index (χ0n) is 9.91. The zero-order valence-corrected chi connectivity index (χ0v) is 9.91. The Bertz CT molecular complexity index is 546. The number of nitro benzene ring substituents is 2. The Balaban J connectivity index is 3.25. The van der Waals surface area contributed by atoms with Gasteiger partial charge in [0, 0.05) is 11.6 Å². The average molecular weight is 249 g/mol. The fourth-order valence-electron chi connectivity index (χ4n) is 1.50. The van der Waals surface area contributed by atoms with Crippen molar-refractivity contribution >= 4 is 11.4 Å². The molecule has 0 fully saturated rings. The van der Waals surface area contributed by atoms with Crippen molar-refractivity contribution in [1.82, 2.24) is 0 Å². The molecule has 0 amide bonds. The Morgan fingerprint density at radius 3 is 2.33 bits per heavy atom. The number of non-ortho nitro benzene ring substituents is 1. The molecular formula is C11H11N3O4. The maximum atomic E-state index is 10.9. The molecule has 0 aliphatic carbocycles. The first kappa shape index (κ1) is 13.6. The predicted octanol–water partition coefficient (Wildman–Crippen LogP) is 2.60. The van der Waals surface area contributed by atoms with Crippen molar-refractivity contribution in [2.75, 3.05) is 0 Å². The molecule has 1 aromatic rings. The van der Waals surface area contributed by atoms with Crippen molar-refractivity contribution in [1.29, 1.82) is 5.26 Å². The van der Waals surface area contributed by atoms with E-state index in [1.807, 2.05) is 6.07 Å². The van der Waals surface area contributed by atoms with Gasteiger partial charge in [-0.3, -0.25) is 20.2 Å². The molecule has 0 bridgehead atoms. The number of hydrogen-bond donors (Lipinski definition) is 0. The van der Waals surface area contributed by atoms with Crippen molar-refractivity contribution in [3.63, 3.8) is 0 Å². The normalized spacial score (nSPS) is 10.7. The highest BCUT2D eigenvalue weighted by atomic mass is 16.6. The average Bonchev–Trinajstić information content (AvgIpc) is 2.28. The lowest BCUT2D eigenvalue weighted by molar-refractivity contribution is -0.394. The van der Waals surface area contributed by atoms with Gasteiger partial charge in [0.25, 0.3) is 11.4 Å². The van der Waals surface area contributed by atoms with Crippen LogP contribution in [0.4, 0.5) is 11.4 Å². The van der Waals surface area contributed by atoms with Gasteiger partial charge in [0.2, 0.25) is 0 Å². The van der Waals surface area contributed by atoms with Crippen LogP contribution in [0.2, 0.25) is 0 Å². The maximum Gasteiger partial charge on any atom is 0.279 e. The molecule has 0 N–H and O–H groups in total. The van der Waals surface area contributed by atoms with E-state index in [1.54, 1.807) is 13.8 Å². The van der Waals surface area contributed by atoms with Crippen LogP contribution in [-0.2, 0) is 6.42 Å². The van der Waals surface area contributed by atoms with Crippen molar-refractivity contribution < 1.29 is 9.85 Å². The van der Waals surface area contributed by atoms with E-state index in [0.717, 1.165) is 6.07 Å².